The molecule has 0 aromatic rings. The second kappa shape index (κ2) is 59.9. The Hall–Kier alpha value is -1.66. The molecule has 0 bridgehead atoms. The molecule has 1 amide bonds. The Balaban J connectivity index is 3.40. The first kappa shape index (κ1) is 68.3. The second-order valence-electron chi connectivity index (χ2n) is 21.7. The van der Waals surface area contributed by atoms with E-state index in [0.29, 0.717) is 25.9 Å². The van der Waals surface area contributed by atoms with Gasteiger partial charge in [0.25, 0.3) is 0 Å². The number of amides is 1. The van der Waals surface area contributed by atoms with Crippen LogP contribution in [-0.4, -0.2) is 47.4 Å². The zero-order chi connectivity index (χ0) is 50.7. The normalized spacial score (nSPS) is 12.7. The van der Waals surface area contributed by atoms with E-state index in [-0.39, 0.29) is 18.5 Å². The Morgan fingerprint density at radius 2 is 0.743 bits per heavy atom. The first-order valence-electron chi connectivity index (χ1n) is 31.6. The number of rotatable bonds is 59. The lowest BCUT2D eigenvalue weighted by Gasteiger charge is -2.22. The van der Waals surface area contributed by atoms with Gasteiger partial charge in [-0.2, -0.15) is 0 Å². The Morgan fingerprint density at radius 1 is 0.400 bits per heavy atom. The number of allylic oxidation sites excluding steroid dienone is 4. The van der Waals surface area contributed by atoms with Gasteiger partial charge in [-0.05, 0) is 51.4 Å². The average molecular weight is 987 g/mol. The molecule has 0 rings (SSSR count). The minimum absolute atomic E-state index is 0.00413. The van der Waals surface area contributed by atoms with Gasteiger partial charge < -0.3 is 20.3 Å². The molecule has 2 unspecified atom stereocenters. The van der Waals surface area contributed by atoms with Crippen LogP contribution in [0.3, 0.4) is 0 Å². The Kier molecular flexibility index (Phi) is 58.5. The molecule has 3 N–H and O–H groups in total. The lowest BCUT2D eigenvalue weighted by molar-refractivity contribution is -0.143. The van der Waals surface area contributed by atoms with Gasteiger partial charge in [0, 0.05) is 12.8 Å². The third kappa shape index (κ3) is 55.7. The van der Waals surface area contributed by atoms with Crippen molar-refractivity contribution >= 4 is 11.9 Å². The monoisotopic (exact) mass is 986 g/mol. The van der Waals surface area contributed by atoms with E-state index in [9.17, 15) is 19.8 Å². The highest BCUT2D eigenvalue weighted by molar-refractivity contribution is 5.76. The first-order chi connectivity index (χ1) is 34.5. The summed E-state index contributed by atoms with van der Waals surface area (Å²) in [4.78, 5) is 24.5. The van der Waals surface area contributed by atoms with Crippen LogP contribution in [0.4, 0.5) is 0 Å². The number of carbonyl (C=O) groups is 2. The third-order valence-corrected chi connectivity index (χ3v) is 14.7. The summed E-state index contributed by atoms with van der Waals surface area (Å²) in [5, 5.41) is 23.4. The van der Waals surface area contributed by atoms with Crippen molar-refractivity contribution < 1.29 is 24.5 Å². The quantitative estimate of drug-likeness (QED) is 0.0321. The van der Waals surface area contributed by atoms with Crippen LogP contribution in [0, 0.1) is 0 Å². The van der Waals surface area contributed by atoms with Crippen molar-refractivity contribution in [1.29, 1.82) is 0 Å². The van der Waals surface area contributed by atoms with Crippen LogP contribution in [0.15, 0.2) is 24.3 Å². The number of hydrogen-bond acceptors (Lipinski definition) is 5. The molecule has 0 aromatic carbocycles. The Bertz CT molecular complexity index is 1090. The highest BCUT2D eigenvalue weighted by Crippen LogP contribution is 2.18. The smallest absolute Gasteiger partial charge is 0.305 e. The zero-order valence-electron chi connectivity index (χ0n) is 47.3. The van der Waals surface area contributed by atoms with E-state index in [1.807, 2.05) is 0 Å². The molecule has 2 atom stereocenters. The highest BCUT2D eigenvalue weighted by atomic mass is 16.5. The SMILES string of the molecule is CCC/C=C\C/C=C\CCCCCCCC(=O)OCCCCCCCCCCCCCCCCCCCCCCC(=O)NC(CO)C(O)CCCCCCCCCCCCCCCCCCCCCC. The van der Waals surface area contributed by atoms with Crippen LogP contribution in [0.25, 0.3) is 0 Å². The standard InChI is InChI=1S/C64H123NO5/c1-3-5-7-9-11-13-15-17-18-19-20-23-26-29-33-36-40-44-48-52-56-62(67)61(60-66)65-63(68)57-53-49-45-41-37-34-30-27-24-21-22-25-28-31-35-39-43-47-51-55-59-70-64(69)58-54-50-46-42-38-32-16-14-12-10-8-6-4-2/h8,10,14,16,61-62,66-67H,3-7,9,11-13,15,17-60H2,1-2H3,(H,65,68)/b10-8-,16-14-. The summed E-state index contributed by atoms with van der Waals surface area (Å²) in [5.41, 5.74) is 0. The fourth-order valence-corrected chi connectivity index (χ4v) is 9.92. The topological polar surface area (TPSA) is 95.9 Å². The van der Waals surface area contributed by atoms with E-state index in [2.05, 4.69) is 43.5 Å². The van der Waals surface area contributed by atoms with E-state index >= 15 is 0 Å². The maximum absolute atomic E-state index is 12.5. The van der Waals surface area contributed by atoms with E-state index in [0.717, 1.165) is 51.4 Å². The molecule has 0 heterocycles. The Labute approximate surface area is 437 Å². The lowest BCUT2D eigenvalue weighted by atomic mass is 10.0. The minimum atomic E-state index is -0.666. The maximum Gasteiger partial charge on any atom is 0.305 e. The van der Waals surface area contributed by atoms with E-state index < -0.39 is 12.1 Å². The van der Waals surface area contributed by atoms with Crippen LogP contribution in [0.2, 0.25) is 0 Å². The second-order valence-corrected chi connectivity index (χ2v) is 21.7. The number of nitrogens with one attached hydrogen (secondary N) is 1. The lowest BCUT2D eigenvalue weighted by Crippen LogP contribution is -2.45. The summed E-state index contributed by atoms with van der Waals surface area (Å²) in [6.07, 6.45) is 73.3. The number of aliphatic hydroxyl groups excluding tert-OH is 2. The molecule has 0 aliphatic rings. The predicted octanol–water partition coefficient (Wildman–Crippen LogP) is 19.8. The van der Waals surface area contributed by atoms with E-state index in [1.165, 1.54) is 263 Å². The van der Waals surface area contributed by atoms with Crippen molar-refractivity contribution in [2.24, 2.45) is 0 Å². The molecule has 0 fully saturated rings. The van der Waals surface area contributed by atoms with Crippen molar-refractivity contribution in [3.63, 3.8) is 0 Å². The summed E-state index contributed by atoms with van der Waals surface area (Å²) in [6, 6.07) is -0.544. The van der Waals surface area contributed by atoms with Gasteiger partial charge in [0.2, 0.25) is 5.91 Å². The van der Waals surface area contributed by atoms with Gasteiger partial charge >= 0.3 is 5.97 Å². The molecule has 414 valence electrons. The maximum atomic E-state index is 12.5. The zero-order valence-corrected chi connectivity index (χ0v) is 47.3. The van der Waals surface area contributed by atoms with Crippen LogP contribution >= 0.6 is 0 Å². The van der Waals surface area contributed by atoms with Crippen molar-refractivity contribution in [2.45, 2.75) is 360 Å². The summed E-state index contributed by atoms with van der Waals surface area (Å²) >= 11 is 0. The summed E-state index contributed by atoms with van der Waals surface area (Å²) in [7, 11) is 0. The van der Waals surface area contributed by atoms with Crippen molar-refractivity contribution in [3.8, 4) is 0 Å². The van der Waals surface area contributed by atoms with Crippen molar-refractivity contribution in [1.82, 2.24) is 5.32 Å². The predicted molar refractivity (Wildman–Crippen MR) is 306 cm³/mol. The van der Waals surface area contributed by atoms with Gasteiger partial charge in [0.15, 0.2) is 0 Å². The van der Waals surface area contributed by atoms with Gasteiger partial charge in [0.05, 0.1) is 25.4 Å². The highest BCUT2D eigenvalue weighted by Gasteiger charge is 2.20. The van der Waals surface area contributed by atoms with Crippen molar-refractivity contribution in [3.05, 3.63) is 24.3 Å². The van der Waals surface area contributed by atoms with Crippen molar-refractivity contribution in [2.75, 3.05) is 13.2 Å². The molecule has 0 radical (unpaired) electrons. The average Bonchev–Trinajstić information content (AvgIpc) is 3.36. The number of unbranched alkanes of at least 4 members (excludes halogenated alkanes) is 44. The molecular formula is C64H123NO5. The van der Waals surface area contributed by atoms with Gasteiger partial charge in [-0.15, -0.1) is 0 Å². The summed E-state index contributed by atoms with van der Waals surface area (Å²) in [6.45, 7) is 4.91. The Morgan fingerprint density at radius 3 is 1.14 bits per heavy atom. The molecule has 6 heteroatoms. The number of esters is 1. The van der Waals surface area contributed by atoms with Gasteiger partial charge in [-0.3, -0.25) is 9.59 Å². The number of ether oxygens (including phenoxy) is 1. The number of aliphatic hydroxyl groups is 2. The minimum Gasteiger partial charge on any atom is -0.466 e. The molecule has 70 heavy (non-hydrogen) atoms. The largest absolute Gasteiger partial charge is 0.466 e. The molecule has 0 saturated heterocycles. The van der Waals surface area contributed by atoms with E-state index in [4.69, 9.17) is 4.74 Å². The van der Waals surface area contributed by atoms with Crippen LogP contribution in [-0.2, 0) is 14.3 Å². The molecule has 0 saturated carbocycles. The molecule has 0 aromatic heterocycles. The van der Waals surface area contributed by atoms with Gasteiger partial charge in [0.1, 0.15) is 0 Å². The number of carbonyl (C=O) groups excluding carboxylic acids is 2. The fourth-order valence-electron chi connectivity index (χ4n) is 9.92. The fraction of sp³-hybridized carbons (Fsp3) is 0.906. The molecule has 0 aliphatic heterocycles. The molecule has 6 nitrogen and oxygen atoms in total. The third-order valence-electron chi connectivity index (χ3n) is 14.7. The van der Waals surface area contributed by atoms with Gasteiger partial charge in [-0.25, -0.2) is 0 Å². The summed E-state index contributed by atoms with van der Waals surface area (Å²) < 4.78 is 5.47. The van der Waals surface area contributed by atoms with Crippen LogP contribution in [0.1, 0.15) is 348 Å². The van der Waals surface area contributed by atoms with Crippen LogP contribution < -0.4 is 5.32 Å². The number of hydrogen-bond donors (Lipinski definition) is 3. The molecule has 0 aliphatic carbocycles. The van der Waals surface area contributed by atoms with Crippen LogP contribution in [0.5, 0.6) is 0 Å². The first-order valence-corrected chi connectivity index (χ1v) is 31.6. The van der Waals surface area contributed by atoms with Gasteiger partial charge in [-0.1, -0.05) is 308 Å². The summed E-state index contributed by atoms with van der Waals surface area (Å²) in [5.74, 6) is -0.0379. The van der Waals surface area contributed by atoms with E-state index in [1.54, 1.807) is 0 Å². The molecule has 0 spiro atoms. The molecular weight excluding hydrogens is 863 g/mol.